The van der Waals surface area contributed by atoms with E-state index in [-0.39, 0.29) is 21.9 Å². The lowest BCUT2D eigenvalue weighted by molar-refractivity contribution is -0.0816. The molecule has 132 valence electrons. The summed E-state index contributed by atoms with van der Waals surface area (Å²) in [4.78, 5) is 26.8. The topological polar surface area (TPSA) is 102 Å². The van der Waals surface area contributed by atoms with Gasteiger partial charge in [-0.1, -0.05) is 5.16 Å². The van der Waals surface area contributed by atoms with E-state index < -0.39 is 17.9 Å². The molecule has 0 saturated carbocycles. The van der Waals surface area contributed by atoms with Crippen LogP contribution in [0.3, 0.4) is 0 Å². The second kappa shape index (κ2) is 8.54. The number of nitrogens with zero attached hydrogens (tertiary/aromatic N) is 2. The van der Waals surface area contributed by atoms with Gasteiger partial charge in [0.15, 0.2) is 5.69 Å². The third kappa shape index (κ3) is 4.31. The summed E-state index contributed by atoms with van der Waals surface area (Å²) in [5, 5.41) is 13.3. The lowest BCUT2D eigenvalue weighted by Gasteiger charge is -2.13. The Hall–Kier alpha value is -1.52. The van der Waals surface area contributed by atoms with Crippen molar-refractivity contribution < 1.29 is 28.7 Å². The summed E-state index contributed by atoms with van der Waals surface area (Å²) >= 11 is 1.22. The highest BCUT2D eigenvalue weighted by Crippen LogP contribution is 2.32. The first-order valence-electron chi connectivity index (χ1n) is 7.32. The highest BCUT2D eigenvalue weighted by molar-refractivity contribution is 8.04. The van der Waals surface area contributed by atoms with Crippen LogP contribution in [-0.2, 0) is 9.47 Å². The molecule has 0 bridgehead atoms. The number of allylic oxidation sites excluding steroid dienone is 2. The van der Waals surface area contributed by atoms with Crippen LogP contribution in [0.1, 0.15) is 32.9 Å². The first kappa shape index (κ1) is 18.8. The van der Waals surface area contributed by atoms with Gasteiger partial charge in [0.05, 0.1) is 18.1 Å². The molecule has 8 nitrogen and oxygen atoms in total. The molecular formula is C15H20N2O6S. The number of aromatic nitrogens is 1. The lowest BCUT2D eigenvalue weighted by atomic mass is 10.00. The molecule has 0 amide bonds. The molecule has 0 radical (unpaired) electrons. The Morgan fingerprint density at radius 3 is 2.79 bits per heavy atom. The minimum Gasteiger partial charge on any atom is -0.379 e. The Bertz CT molecular complexity index is 640. The number of methoxy groups -OCH3 is 1. The number of ketones is 2. The molecule has 0 spiro atoms. The van der Waals surface area contributed by atoms with Gasteiger partial charge in [-0.2, -0.15) is 0 Å². The van der Waals surface area contributed by atoms with Gasteiger partial charge in [0.2, 0.25) is 23.6 Å². The first-order valence-corrected chi connectivity index (χ1v) is 8.30. The van der Waals surface area contributed by atoms with Crippen molar-refractivity contribution in [2.45, 2.75) is 6.29 Å². The van der Waals surface area contributed by atoms with Gasteiger partial charge in [0.25, 0.3) is 0 Å². The highest BCUT2D eigenvalue weighted by Gasteiger charge is 2.35. The third-order valence-electron chi connectivity index (χ3n) is 3.28. The molecule has 0 aliphatic heterocycles. The van der Waals surface area contributed by atoms with Gasteiger partial charge >= 0.3 is 0 Å². The van der Waals surface area contributed by atoms with Gasteiger partial charge in [-0.25, -0.2) is 0 Å². The second-order valence-electron chi connectivity index (χ2n) is 5.33. The summed E-state index contributed by atoms with van der Waals surface area (Å²) in [7, 11) is 5.17. The zero-order valence-electron chi connectivity index (χ0n) is 13.8. The van der Waals surface area contributed by atoms with E-state index in [4.69, 9.17) is 14.0 Å². The molecule has 0 saturated heterocycles. The van der Waals surface area contributed by atoms with Crippen LogP contribution in [0.25, 0.3) is 0 Å². The molecule has 2 rings (SSSR count). The van der Waals surface area contributed by atoms with Crippen LogP contribution >= 0.6 is 11.8 Å². The fourth-order valence-electron chi connectivity index (χ4n) is 2.01. The first-order chi connectivity index (χ1) is 11.5. The van der Waals surface area contributed by atoms with E-state index in [1.54, 1.807) is 0 Å². The van der Waals surface area contributed by atoms with Crippen molar-refractivity contribution in [3.05, 3.63) is 28.0 Å². The smallest absolute Gasteiger partial charge is 0.225 e. The highest BCUT2D eigenvalue weighted by atomic mass is 32.2. The Labute approximate surface area is 143 Å². The predicted octanol–water partition coefficient (Wildman–Crippen LogP) is 0.886. The van der Waals surface area contributed by atoms with Crippen molar-refractivity contribution in [1.29, 1.82) is 0 Å². The van der Waals surface area contributed by atoms with Crippen molar-refractivity contribution in [1.82, 2.24) is 10.1 Å². The Morgan fingerprint density at radius 1 is 1.38 bits per heavy atom. The van der Waals surface area contributed by atoms with Crippen LogP contribution in [-0.4, -0.2) is 73.4 Å². The van der Waals surface area contributed by atoms with Gasteiger partial charge in [0, 0.05) is 25.5 Å². The number of fused-ring (bicyclic) bond motifs is 1. The molecule has 1 aliphatic rings. The number of hydrogen-bond donors (Lipinski definition) is 1. The fraction of sp³-hybridized carbons (Fsp3) is 0.533. The summed E-state index contributed by atoms with van der Waals surface area (Å²) in [6, 6.07) is 0. The van der Waals surface area contributed by atoms with Gasteiger partial charge in [-0.15, -0.1) is 11.8 Å². The van der Waals surface area contributed by atoms with E-state index in [9.17, 15) is 14.7 Å². The van der Waals surface area contributed by atoms with Crippen molar-refractivity contribution in [3.8, 4) is 0 Å². The Balaban J connectivity index is 1.97. The number of ether oxygens (including phenoxy) is 2. The summed E-state index contributed by atoms with van der Waals surface area (Å²) in [5.74, 6) is -0.503. The van der Waals surface area contributed by atoms with E-state index in [0.717, 1.165) is 6.54 Å². The molecular weight excluding hydrogens is 336 g/mol. The molecule has 24 heavy (non-hydrogen) atoms. The van der Waals surface area contributed by atoms with E-state index in [1.807, 2.05) is 19.0 Å². The van der Waals surface area contributed by atoms with Crippen molar-refractivity contribution in [2.75, 3.05) is 46.7 Å². The van der Waals surface area contributed by atoms with Crippen LogP contribution in [0, 0.1) is 0 Å². The van der Waals surface area contributed by atoms with Crippen LogP contribution in [0.4, 0.5) is 0 Å². The van der Waals surface area contributed by atoms with Gasteiger partial charge in [-0.3, -0.25) is 9.59 Å². The van der Waals surface area contributed by atoms with E-state index >= 15 is 0 Å². The maximum Gasteiger partial charge on any atom is 0.225 e. The molecule has 1 aromatic heterocycles. The van der Waals surface area contributed by atoms with E-state index in [2.05, 4.69) is 5.16 Å². The molecule has 1 unspecified atom stereocenters. The van der Waals surface area contributed by atoms with Crippen LogP contribution in [0.2, 0.25) is 0 Å². The monoisotopic (exact) mass is 356 g/mol. The Kier molecular flexibility index (Phi) is 6.69. The molecule has 1 N–H and O–H groups in total. The number of carbonyl (C=O) groups is 2. The normalized spacial score (nSPS) is 15.6. The number of rotatable bonds is 9. The molecule has 0 aromatic carbocycles. The van der Waals surface area contributed by atoms with Crippen LogP contribution in [0.5, 0.6) is 0 Å². The summed E-state index contributed by atoms with van der Waals surface area (Å²) in [5.41, 5.74) is -0.118. The minimum atomic E-state index is -1.42. The molecule has 0 fully saturated rings. The number of Topliss-reactive ketones (excluding diaryl/α,β-unsaturated/α-hetero) is 1. The fourth-order valence-corrected chi connectivity index (χ4v) is 2.86. The average Bonchev–Trinajstić information content (AvgIpc) is 2.99. The standard InChI is InChI=1S/C15H20N2O6S/c1-17(2)4-5-22-6-7-24-10-8-9(18)14-11(13(10)19)12(16-23-14)15(20)21-3/h8,15,20H,4-7H2,1-3H3. The number of aliphatic hydroxyl groups is 1. The molecule has 1 aromatic rings. The van der Waals surface area contributed by atoms with Crippen LogP contribution < -0.4 is 0 Å². The largest absolute Gasteiger partial charge is 0.379 e. The number of thioether (sulfide) groups is 1. The molecule has 9 heteroatoms. The average molecular weight is 356 g/mol. The van der Waals surface area contributed by atoms with E-state index in [0.29, 0.717) is 19.0 Å². The van der Waals surface area contributed by atoms with Crippen molar-refractivity contribution in [2.24, 2.45) is 0 Å². The summed E-state index contributed by atoms with van der Waals surface area (Å²) < 4.78 is 15.1. The molecule has 1 heterocycles. The van der Waals surface area contributed by atoms with Crippen molar-refractivity contribution >= 4 is 23.3 Å². The summed E-state index contributed by atoms with van der Waals surface area (Å²) in [6.45, 7) is 1.87. The zero-order valence-corrected chi connectivity index (χ0v) is 14.6. The number of carbonyl (C=O) groups excluding carboxylic acids is 2. The Morgan fingerprint density at radius 2 is 2.12 bits per heavy atom. The van der Waals surface area contributed by atoms with Crippen molar-refractivity contribution in [3.63, 3.8) is 0 Å². The predicted molar refractivity (Wildman–Crippen MR) is 87.0 cm³/mol. The second-order valence-corrected chi connectivity index (χ2v) is 6.46. The number of hydrogen-bond acceptors (Lipinski definition) is 9. The van der Waals surface area contributed by atoms with E-state index in [1.165, 1.54) is 24.9 Å². The van der Waals surface area contributed by atoms with Gasteiger partial charge in [-0.05, 0) is 14.1 Å². The SMILES string of the molecule is COC(O)c1noc2c1C(=O)C(SCCOCCN(C)C)=CC2=O. The zero-order chi connectivity index (χ0) is 17.7. The maximum atomic E-state index is 12.5. The number of aliphatic hydroxyl groups excluding tert-OH is 1. The van der Waals surface area contributed by atoms with Gasteiger partial charge in [0.1, 0.15) is 5.56 Å². The van der Waals surface area contributed by atoms with Gasteiger partial charge < -0.3 is 24.0 Å². The van der Waals surface area contributed by atoms with Crippen LogP contribution in [0.15, 0.2) is 15.5 Å². The quantitative estimate of drug-likeness (QED) is 0.510. The lowest BCUT2D eigenvalue weighted by Crippen LogP contribution is -2.19. The maximum absolute atomic E-state index is 12.5. The number of likely N-dealkylation sites (N-methyl/N-ethyl adjacent to an activating group) is 1. The molecule has 1 atom stereocenters. The molecule has 1 aliphatic carbocycles. The minimum absolute atomic E-state index is 0.0344. The summed E-state index contributed by atoms with van der Waals surface area (Å²) in [6.07, 6.45) is -0.198. The third-order valence-corrected chi connectivity index (χ3v) is 4.27.